The van der Waals surface area contributed by atoms with E-state index in [9.17, 15) is 13.2 Å². The van der Waals surface area contributed by atoms with Gasteiger partial charge in [0.15, 0.2) is 11.5 Å². The lowest BCUT2D eigenvalue weighted by molar-refractivity contribution is -0.120. The van der Waals surface area contributed by atoms with E-state index in [1.807, 2.05) is 44.2 Å². The Morgan fingerprint density at radius 1 is 0.970 bits per heavy atom. The van der Waals surface area contributed by atoms with Gasteiger partial charge in [-0.25, -0.2) is 8.42 Å². The molecule has 0 aliphatic carbocycles. The average molecular weight is 467 g/mol. The van der Waals surface area contributed by atoms with Crippen LogP contribution >= 0.6 is 0 Å². The molecule has 0 unspecified atom stereocenters. The third kappa shape index (κ3) is 5.12. The molecule has 0 aromatic heterocycles. The number of amides is 1. The molecule has 0 fully saturated rings. The molecule has 0 bridgehead atoms. The molecule has 8 heteroatoms. The van der Waals surface area contributed by atoms with Crippen molar-refractivity contribution in [2.24, 2.45) is 0 Å². The summed E-state index contributed by atoms with van der Waals surface area (Å²) in [5.74, 6) is 0.883. The monoisotopic (exact) mass is 466 g/mol. The maximum absolute atomic E-state index is 13.4. The van der Waals surface area contributed by atoms with E-state index in [0.717, 1.165) is 15.4 Å². The van der Waals surface area contributed by atoms with Crippen LogP contribution in [0.25, 0.3) is 0 Å². The third-order valence-corrected chi connectivity index (χ3v) is 7.17. The highest BCUT2D eigenvalue weighted by atomic mass is 32.2. The van der Waals surface area contributed by atoms with E-state index >= 15 is 0 Å². The first-order valence-corrected chi connectivity index (χ1v) is 12.1. The van der Waals surface area contributed by atoms with Gasteiger partial charge in [0.25, 0.3) is 10.0 Å². The zero-order valence-corrected chi connectivity index (χ0v) is 19.3. The summed E-state index contributed by atoms with van der Waals surface area (Å²) < 4.78 is 39.1. The van der Waals surface area contributed by atoms with Crippen LogP contribution in [0.1, 0.15) is 24.1 Å². The van der Waals surface area contributed by atoms with E-state index in [-0.39, 0.29) is 17.5 Å². The fourth-order valence-corrected chi connectivity index (χ4v) is 5.02. The topological polar surface area (TPSA) is 84.9 Å². The molecule has 0 spiro atoms. The van der Waals surface area contributed by atoms with E-state index in [1.54, 1.807) is 30.3 Å². The Hall–Kier alpha value is -3.52. The number of fused-ring (bicyclic) bond motifs is 1. The van der Waals surface area contributed by atoms with Crippen molar-refractivity contribution in [2.75, 3.05) is 24.1 Å². The number of aryl methyl sites for hydroxylation is 1. The lowest BCUT2D eigenvalue weighted by atomic mass is 10.1. The predicted molar refractivity (Wildman–Crippen MR) is 126 cm³/mol. The van der Waals surface area contributed by atoms with Crippen molar-refractivity contribution >= 4 is 21.6 Å². The lowest BCUT2D eigenvalue weighted by Crippen LogP contribution is -2.41. The summed E-state index contributed by atoms with van der Waals surface area (Å²) in [4.78, 5) is 13.1. The fraction of sp³-hybridized carbons (Fsp3) is 0.240. The Morgan fingerprint density at radius 3 is 2.33 bits per heavy atom. The summed E-state index contributed by atoms with van der Waals surface area (Å²) >= 11 is 0. The molecule has 1 N–H and O–H groups in total. The number of hydrogen-bond acceptors (Lipinski definition) is 5. The van der Waals surface area contributed by atoms with Gasteiger partial charge in [0.05, 0.1) is 16.6 Å². The van der Waals surface area contributed by atoms with Gasteiger partial charge in [0.1, 0.15) is 19.8 Å². The highest BCUT2D eigenvalue weighted by Crippen LogP contribution is 2.32. The number of carbonyl (C=O) groups excluding carboxylic acids is 1. The summed E-state index contributed by atoms with van der Waals surface area (Å²) in [5.41, 5.74) is 2.25. The first kappa shape index (κ1) is 22.7. The first-order chi connectivity index (χ1) is 15.8. The molecular weight excluding hydrogens is 440 g/mol. The van der Waals surface area contributed by atoms with Gasteiger partial charge in [0.2, 0.25) is 5.91 Å². The molecule has 7 nitrogen and oxygen atoms in total. The smallest absolute Gasteiger partial charge is 0.264 e. The standard InChI is InChI=1S/C25H26N2O5S/c1-18-8-11-21(12-9-18)27(33(29,30)22-6-4-3-5-7-22)17-25(28)26-19(2)20-10-13-23-24(16-20)32-15-14-31-23/h3-13,16,19H,14-15,17H2,1-2H3,(H,26,28)/t19-/m1/s1. The Balaban J connectivity index is 1.56. The summed E-state index contributed by atoms with van der Waals surface area (Å²) in [6, 6.07) is 20.3. The number of sulfonamides is 1. The van der Waals surface area contributed by atoms with Gasteiger partial charge in [0, 0.05) is 0 Å². The van der Waals surface area contributed by atoms with Crippen LogP contribution in [-0.4, -0.2) is 34.1 Å². The minimum atomic E-state index is -3.94. The van der Waals surface area contributed by atoms with E-state index in [0.29, 0.717) is 30.4 Å². The van der Waals surface area contributed by atoms with Crippen LogP contribution in [0, 0.1) is 6.92 Å². The molecular formula is C25H26N2O5S. The minimum Gasteiger partial charge on any atom is -0.486 e. The quantitative estimate of drug-likeness (QED) is 0.572. The number of nitrogens with one attached hydrogen (secondary N) is 1. The molecule has 172 valence electrons. The molecule has 4 rings (SSSR count). The van der Waals surface area contributed by atoms with Crippen LogP contribution in [0.4, 0.5) is 5.69 Å². The van der Waals surface area contributed by atoms with Crippen molar-refractivity contribution in [2.45, 2.75) is 24.8 Å². The Labute approximate surface area is 194 Å². The molecule has 3 aromatic rings. The van der Waals surface area contributed by atoms with Crippen LogP contribution in [-0.2, 0) is 14.8 Å². The van der Waals surface area contributed by atoms with Crippen LogP contribution in [0.15, 0.2) is 77.7 Å². The zero-order valence-electron chi connectivity index (χ0n) is 18.5. The molecule has 0 saturated carbocycles. The molecule has 0 radical (unpaired) electrons. The molecule has 1 amide bonds. The molecule has 1 aliphatic rings. The van der Waals surface area contributed by atoms with Crippen LogP contribution in [0.5, 0.6) is 11.5 Å². The largest absolute Gasteiger partial charge is 0.486 e. The van der Waals surface area contributed by atoms with Gasteiger partial charge in [-0.1, -0.05) is 42.0 Å². The van der Waals surface area contributed by atoms with Crippen molar-refractivity contribution in [3.05, 3.63) is 83.9 Å². The van der Waals surface area contributed by atoms with Gasteiger partial charge in [-0.2, -0.15) is 0 Å². The Bertz CT molecular complexity index is 1230. The SMILES string of the molecule is Cc1ccc(N(CC(=O)N[C@H](C)c2ccc3c(c2)OCCO3)S(=O)(=O)c2ccccc2)cc1. The molecule has 33 heavy (non-hydrogen) atoms. The van der Waals surface area contributed by atoms with Gasteiger partial charge >= 0.3 is 0 Å². The molecule has 1 heterocycles. The second-order valence-corrected chi connectivity index (χ2v) is 9.71. The maximum Gasteiger partial charge on any atom is 0.264 e. The van der Waals surface area contributed by atoms with Crippen molar-refractivity contribution in [1.82, 2.24) is 5.32 Å². The number of benzene rings is 3. The highest BCUT2D eigenvalue weighted by Gasteiger charge is 2.27. The van der Waals surface area contributed by atoms with Crippen LogP contribution < -0.4 is 19.1 Å². The highest BCUT2D eigenvalue weighted by molar-refractivity contribution is 7.92. The number of hydrogen-bond donors (Lipinski definition) is 1. The van der Waals surface area contributed by atoms with Gasteiger partial charge in [-0.3, -0.25) is 9.10 Å². The number of carbonyl (C=O) groups is 1. The molecule has 3 aromatic carbocycles. The third-order valence-electron chi connectivity index (χ3n) is 5.38. The molecule has 1 atom stereocenters. The zero-order chi connectivity index (χ0) is 23.4. The van der Waals surface area contributed by atoms with Crippen LogP contribution in [0.2, 0.25) is 0 Å². The molecule has 1 aliphatic heterocycles. The number of nitrogens with zero attached hydrogens (tertiary/aromatic N) is 1. The van der Waals surface area contributed by atoms with E-state index in [4.69, 9.17) is 9.47 Å². The van der Waals surface area contributed by atoms with Crippen molar-refractivity contribution < 1.29 is 22.7 Å². The fourth-order valence-electron chi connectivity index (χ4n) is 3.58. The summed E-state index contributed by atoms with van der Waals surface area (Å²) in [6.07, 6.45) is 0. The normalized spacial score (nSPS) is 13.8. The van der Waals surface area contributed by atoms with E-state index in [1.165, 1.54) is 12.1 Å². The first-order valence-electron chi connectivity index (χ1n) is 10.7. The lowest BCUT2D eigenvalue weighted by Gasteiger charge is -2.25. The van der Waals surface area contributed by atoms with Gasteiger partial charge in [-0.05, 0) is 55.8 Å². The van der Waals surface area contributed by atoms with Crippen molar-refractivity contribution in [3.63, 3.8) is 0 Å². The maximum atomic E-state index is 13.4. The summed E-state index contributed by atoms with van der Waals surface area (Å²) in [5, 5.41) is 2.90. The second kappa shape index (κ2) is 9.54. The summed E-state index contributed by atoms with van der Waals surface area (Å²) in [7, 11) is -3.94. The van der Waals surface area contributed by atoms with Gasteiger partial charge < -0.3 is 14.8 Å². The number of anilines is 1. The minimum absolute atomic E-state index is 0.123. The van der Waals surface area contributed by atoms with Crippen LogP contribution in [0.3, 0.4) is 0 Å². The Kier molecular flexibility index (Phi) is 6.55. The molecule has 0 saturated heterocycles. The second-order valence-electron chi connectivity index (χ2n) is 7.85. The van der Waals surface area contributed by atoms with E-state index < -0.39 is 15.9 Å². The van der Waals surface area contributed by atoms with E-state index in [2.05, 4.69) is 5.32 Å². The Morgan fingerprint density at radius 2 is 1.64 bits per heavy atom. The number of rotatable bonds is 7. The van der Waals surface area contributed by atoms with Crippen molar-refractivity contribution in [3.8, 4) is 11.5 Å². The number of ether oxygens (including phenoxy) is 2. The van der Waals surface area contributed by atoms with Gasteiger partial charge in [-0.15, -0.1) is 0 Å². The average Bonchev–Trinajstić information content (AvgIpc) is 2.83. The summed E-state index contributed by atoms with van der Waals surface area (Å²) in [6.45, 7) is 4.38. The predicted octanol–water partition coefficient (Wildman–Crippen LogP) is 3.84. The van der Waals surface area contributed by atoms with Crippen molar-refractivity contribution in [1.29, 1.82) is 0 Å².